The molecule has 0 fully saturated rings. The van der Waals surface area contributed by atoms with Crippen molar-refractivity contribution in [2.75, 3.05) is 5.32 Å². The van der Waals surface area contributed by atoms with Crippen LogP contribution in [0.4, 0.5) is 11.4 Å². The highest BCUT2D eigenvalue weighted by Gasteiger charge is 2.47. The van der Waals surface area contributed by atoms with Gasteiger partial charge in [-0.2, -0.15) is 0 Å². The molecule has 5 heteroatoms. The van der Waals surface area contributed by atoms with Gasteiger partial charge in [0.05, 0.1) is 5.41 Å². The molecule has 2 rings (SSSR count). The molecule has 0 heterocycles. The summed E-state index contributed by atoms with van der Waals surface area (Å²) in [7, 11) is -2.05. The van der Waals surface area contributed by atoms with Crippen molar-refractivity contribution in [1.29, 1.82) is 0 Å². The van der Waals surface area contributed by atoms with Gasteiger partial charge in [-0.25, -0.2) is 0 Å². The van der Waals surface area contributed by atoms with Crippen LogP contribution in [0.5, 0.6) is 11.5 Å². The first-order chi connectivity index (χ1) is 14.8. The predicted molar refractivity (Wildman–Crippen MR) is 138 cm³/mol. The van der Waals surface area contributed by atoms with Gasteiger partial charge in [0.2, 0.25) is 0 Å². The average Bonchev–Trinajstić information content (AvgIpc) is 2.67. The first-order valence-electron chi connectivity index (χ1n) is 11.7. The highest BCUT2D eigenvalue weighted by molar-refractivity contribution is 6.78. The Labute approximate surface area is 195 Å². The van der Waals surface area contributed by atoms with Crippen LogP contribution in [0.2, 0.25) is 16.6 Å². The van der Waals surface area contributed by atoms with Crippen molar-refractivity contribution in [3.63, 3.8) is 0 Å². The van der Waals surface area contributed by atoms with Crippen molar-refractivity contribution < 1.29 is 14.0 Å². The monoisotopic (exact) mass is 455 g/mol. The van der Waals surface area contributed by atoms with Gasteiger partial charge < -0.3 is 14.5 Å². The molecule has 1 N–H and O–H groups in total. The highest BCUT2D eigenvalue weighted by Crippen LogP contribution is 2.43. The van der Waals surface area contributed by atoms with Crippen molar-refractivity contribution in [1.82, 2.24) is 0 Å². The number of carbonyl (C=O) groups excluding carboxylic acids is 1. The Morgan fingerprint density at radius 2 is 1.44 bits per heavy atom. The Morgan fingerprint density at radius 1 is 0.875 bits per heavy atom. The number of hydrogen-bond donors (Lipinski definition) is 1. The Morgan fingerprint density at radius 3 is 1.97 bits per heavy atom. The molecule has 176 valence electrons. The number of ether oxygens (including phenoxy) is 1. The molecule has 32 heavy (non-hydrogen) atoms. The third kappa shape index (κ3) is 5.94. The Hall–Kier alpha value is -2.27. The van der Waals surface area contributed by atoms with E-state index in [1.807, 2.05) is 39.0 Å². The lowest BCUT2D eigenvalue weighted by Crippen LogP contribution is -2.50. The van der Waals surface area contributed by atoms with Crippen LogP contribution in [-0.2, 0) is 4.79 Å². The third-order valence-corrected chi connectivity index (χ3v) is 12.1. The van der Waals surface area contributed by atoms with Gasteiger partial charge in [0.15, 0.2) is 0 Å². The predicted octanol–water partition coefficient (Wildman–Crippen LogP) is 8.24. The molecule has 0 saturated heterocycles. The number of carbonyl (C=O) groups is 1. The molecule has 2 aromatic rings. The van der Waals surface area contributed by atoms with E-state index < -0.39 is 13.7 Å². The van der Waals surface area contributed by atoms with Gasteiger partial charge in [0.25, 0.3) is 8.32 Å². The van der Waals surface area contributed by atoms with Gasteiger partial charge in [0.1, 0.15) is 11.5 Å². The lowest BCUT2D eigenvalue weighted by molar-refractivity contribution is -0.142. The summed E-state index contributed by atoms with van der Waals surface area (Å²) in [6, 6.07) is 13.7. The van der Waals surface area contributed by atoms with Crippen LogP contribution in [-0.4, -0.2) is 14.3 Å². The largest absolute Gasteiger partial charge is 0.542 e. The van der Waals surface area contributed by atoms with E-state index in [1.54, 1.807) is 6.07 Å². The number of nitrogens with one attached hydrogen (secondary N) is 1. The number of hydrogen-bond acceptors (Lipinski definition) is 4. The van der Waals surface area contributed by atoms with Crippen LogP contribution in [0, 0.1) is 12.3 Å². The maximum absolute atomic E-state index is 12.2. The maximum Gasteiger partial charge on any atom is 0.316 e. The van der Waals surface area contributed by atoms with Crippen molar-refractivity contribution in [3.05, 3.63) is 48.0 Å². The van der Waals surface area contributed by atoms with Crippen molar-refractivity contribution in [3.8, 4) is 11.5 Å². The summed E-state index contributed by atoms with van der Waals surface area (Å²) in [4.78, 5) is 12.2. The number of esters is 1. The molecule has 0 saturated carbocycles. The molecule has 0 atom stereocenters. The van der Waals surface area contributed by atoms with E-state index in [1.165, 1.54) is 0 Å². The van der Waals surface area contributed by atoms with Crippen LogP contribution in [0.1, 0.15) is 67.9 Å². The summed E-state index contributed by atoms with van der Waals surface area (Å²) in [6.45, 7) is 21.4. The van der Waals surface area contributed by atoms with Crippen LogP contribution < -0.4 is 14.5 Å². The quantitative estimate of drug-likeness (QED) is 0.247. The van der Waals surface area contributed by atoms with Gasteiger partial charge in [-0.05, 0) is 68.1 Å². The van der Waals surface area contributed by atoms with Crippen molar-refractivity contribution in [2.45, 2.75) is 85.9 Å². The van der Waals surface area contributed by atoms with E-state index in [0.717, 1.165) is 22.7 Å². The molecule has 0 aromatic heterocycles. The number of benzene rings is 2. The van der Waals surface area contributed by atoms with Crippen LogP contribution in [0.15, 0.2) is 42.5 Å². The Bertz CT molecular complexity index is 907. The Kier molecular flexibility index (Phi) is 8.21. The minimum atomic E-state index is -2.05. The lowest BCUT2D eigenvalue weighted by Gasteiger charge is -2.42. The van der Waals surface area contributed by atoms with Crippen LogP contribution >= 0.6 is 0 Å². The molecule has 0 aliphatic rings. The molecular formula is C27H41NO3Si. The summed E-state index contributed by atoms with van der Waals surface area (Å²) in [5.74, 6) is 1.23. The molecule has 0 radical (unpaired) electrons. The topological polar surface area (TPSA) is 47.6 Å². The minimum Gasteiger partial charge on any atom is -0.542 e. The Balaban J connectivity index is 2.30. The fraction of sp³-hybridized carbons (Fsp3) is 0.519. The molecule has 0 aliphatic carbocycles. The standard InChI is InChI=1S/C27H41NO3Si/c1-18(2)32(19(3)4,20(5)6)31-25-17-23(15-14-21(25)7)28-22-12-11-13-24(16-22)30-26(29)27(8,9)10/h11-20,28H,1-10H3. The third-order valence-electron chi connectivity index (χ3n) is 6.13. The van der Waals surface area contributed by atoms with E-state index in [-0.39, 0.29) is 5.97 Å². The van der Waals surface area contributed by atoms with E-state index in [0.29, 0.717) is 22.4 Å². The van der Waals surface area contributed by atoms with Gasteiger partial charge in [0, 0.05) is 23.5 Å². The van der Waals surface area contributed by atoms with Gasteiger partial charge in [-0.15, -0.1) is 0 Å². The van der Waals surface area contributed by atoms with E-state index >= 15 is 0 Å². The van der Waals surface area contributed by atoms with E-state index in [2.05, 4.69) is 72.0 Å². The molecule has 0 unspecified atom stereocenters. The van der Waals surface area contributed by atoms with Gasteiger partial charge >= 0.3 is 5.97 Å². The molecule has 2 aromatic carbocycles. The molecule has 0 amide bonds. The molecule has 4 nitrogen and oxygen atoms in total. The number of rotatable bonds is 8. The second-order valence-corrected chi connectivity index (χ2v) is 16.1. The summed E-state index contributed by atoms with van der Waals surface area (Å²) in [6.07, 6.45) is 0. The molecule has 0 aliphatic heterocycles. The highest BCUT2D eigenvalue weighted by atomic mass is 28.4. The fourth-order valence-corrected chi connectivity index (χ4v) is 9.70. The summed E-state index contributed by atoms with van der Waals surface area (Å²) >= 11 is 0. The zero-order chi connectivity index (χ0) is 24.3. The lowest BCUT2D eigenvalue weighted by atomic mass is 9.97. The number of aryl methyl sites for hydroxylation is 1. The average molecular weight is 456 g/mol. The molecular weight excluding hydrogens is 414 g/mol. The van der Waals surface area contributed by atoms with Gasteiger partial charge in [-0.3, -0.25) is 4.79 Å². The van der Waals surface area contributed by atoms with Crippen molar-refractivity contribution >= 4 is 25.7 Å². The SMILES string of the molecule is Cc1ccc(Nc2cccc(OC(=O)C(C)(C)C)c2)cc1O[Si](C(C)C)(C(C)C)C(C)C. The first kappa shape index (κ1) is 26.0. The summed E-state index contributed by atoms with van der Waals surface area (Å²) < 4.78 is 12.5. The second-order valence-electron chi connectivity index (χ2n) is 10.7. The second kappa shape index (κ2) is 10.1. The smallest absolute Gasteiger partial charge is 0.316 e. The zero-order valence-corrected chi connectivity index (χ0v) is 22.5. The summed E-state index contributed by atoms with van der Waals surface area (Å²) in [5, 5.41) is 3.44. The fourth-order valence-electron chi connectivity index (χ4n) is 4.40. The minimum absolute atomic E-state index is 0.252. The normalized spacial score (nSPS) is 12.4. The zero-order valence-electron chi connectivity index (χ0n) is 21.5. The van der Waals surface area contributed by atoms with E-state index in [9.17, 15) is 4.79 Å². The van der Waals surface area contributed by atoms with Crippen LogP contribution in [0.3, 0.4) is 0 Å². The summed E-state index contributed by atoms with van der Waals surface area (Å²) in [5.41, 5.74) is 3.92. The number of anilines is 2. The first-order valence-corrected chi connectivity index (χ1v) is 13.8. The molecule has 0 bridgehead atoms. The maximum atomic E-state index is 12.2. The van der Waals surface area contributed by atoms with E-state index in [4.69, 9.17) is 9.16 Å². The van der Waals surface area contributed by atoms with Crippen molar-refractivity contribution in [2.24, 2.45) is 5.41 Å². The van der Waals surface area contributed by atoms with Crippen LogP contribution in [0.25, 0.3) is 0 Å². The molecule has 0 spiro atoms. The van der Waals surface area contributed by atoms with Gasteiger partial charge in [-0.1, -0.05) is 53.7 Å².